The maximum atomic E-state index is 9.23. The molecule has 2 N–H and O–H groups in total. The van der Waals surface area contributed by atoms with Crippen LogP contribution in [0.3, 0.4) is 0 Å². The Hall–Kier alpha value is -2.24. The molecule has 1 saturated heterocycles. The summed E-state index contributed by atoms with van der Waals surface area (Å²) < 4.78 is 10.9. The van der Waals surface area contributed by atoms with E-state index in [2.05, 4.69) is 34.5 Å². The van der Waals surface area contributed by atoms with E-state index in [1.807, 2.05) is 18.2 Å². The summed E-state index contributed by atoms with van der Waals surface area (Å²) in [5.41, 5.74) is 3.40. The van der Waals surface area contributed by atoms with Gasteiger partial charge in [0.05, 0.1) is 6.61 Å². The lowest BCUT2D eigenvalue weighted by molar-refractivity contribution is 0.174. The topological polar surface area (TPSA) is 54.0 Å². The zero-order valence-corrected chi connectivity index (χ0v) is 14.3. The number of nitrogens with zero attached hydrogens (tertiary/aromatic N) is 1. The number of piperidine rings is 1. The number of benzene rings is 2. The summed E-state index contributed by atoms with van der Waals surface area (Å²) in [6, 6.07) is 14.8. The first-order valence-corrected chi connectivity index (χ1v) is 8.88. The fourth-order valence-corrected chi connectivity index (χ4v) is 3.52. The summed E-state index contributed by atoms with van der Waals surface area (Å²) in [6.07, 6.45) is 2.24. The van der Waals surface area contributed by atoms with E-state index in [9.17, 15) is 5.11 Å². The molecule has 0 saturated carbocycles. The summed E-state index contributed by atoms with van der Waals surface area (Å²) in [7, 11) is 0. The quantitative estimate of drug-likeness (QED) is 0.876. The monoisotopic (exact) mass is 340 g/mol. The van der Waals surface area contributed by atoms with Crippen LogP contribution in [0.5, 0.6) is 11.5 Å². The van der Waals surface area contributed by atoms with Gasteiger partial charge in [-0.1, -0.05) is 24.3 Å². The van der Waals surface area contributed by atoms with Gasteiger partial charge in [0.2, 0.25) is 6.79 Å². The molecule has 0 amide bonds. The van der Waals surface area contributed by atoms with Gasteiger partial charge in [-0.3, -0.25) is 0 Å². The van der Waals surface area contributed by atoms with Crippen LogP contribution < -0.4 is 19.7 Å². The zero-order valence-electron chi connectivity index (χ0n) is 14.3. The van der Waals surface area contributed by atoms with Crippen LogP contribution in [0.15, 0.2) is 42.5 Å². The lowest BCUT2D eigenvalue weighted by Crippen LogP contribution is -2.42. The molecule has 1 fully saturated rings. The molecule has 0 unspecified atom stereocenters. The van der Waals surface area contributed by atoms with Crippen molar-refractivity contribution in [3.63, 3.8) is 0 Å². The first-order valence-electron chi connectivity index (χ1n) is 8.88. The molecule has 0 aliphatic carbocycles. The van der Waals surface area contributed by atoms with Gasteiger partial charge in [-0.15, -0.1) is 0 Å². The second-order valence-electron chi connectivity index (χ2n) is 6.66. The van der Waals surface area contributed by atoms with E-state index in [1.165, 1.54) is 11.3 Å². The summed E-state index contributed by atoms with van der Waals surface area (Å²) in [6.45, 7) is 3.34. The summed E-state index contributed by atoms with van der Waals surface area (Å²) in [5.74, 6) is 1.69. The standard InChI is InChI=1S/C20H24N2O3/c23-13-16-3-1-2-15(10-16)12-21-17-6-8-22(9-7-17)18-4-5-19-20(11-18)25-14-24-19/h1-5,10-11,17,21,23H,6-9,12-14H2. The summed E-state index contributed by atoms with van der Waals surface area (Å²) in [5, 5.41) is 12.9. The molecule has 4 rings (SSSR count). The zero-order chi connectivity index (χ0) is 17.1. The number of rotatable bonds is 5. The molecule has 2 aliphatic rings. The third kappa shape index (κ3) is 3.72. The SMILES string of the molecule is OCc1cccc(CNC2CCN(c3ccc4c(c3)OCO4)CC2)c1. The van der Waals surface area contributed by atoms with Crippen LogP contribution in [0, 0.1) is 0 Å². The molecule has 5 heteroatoms. The molecular weight excluding hydrogens is 316 g/mol. The van der Waals surface area contributed by atoms with Crippen molar-refractivity contribution in [2.75, 3.05) is 24.8 Å². The molecule has 2 heterocycles. The Morgan fingerprint density at radius 2 is 1.80 bits per heavy atom. The number of hydrogen-bond donors (Lipinski definition) is 2. The minimum atomic E-state index is 0.0990. The fraction of sp³-hybridized carbons (Fsp3) is 0.400. The van der Waals surface area contributed by atoms with Crippen molar-refractivity contribution in [2.24, 2.45) is 0 Å². The Balaban J connectivity index is 1.29. The minimum Gasteiger partial charge on any atom is -0.454 e. The number of aliphatic hydroxyl groups is 1. The van der Waals surface area contributed by atoms with Crippen molar-refractivity contribution in [1.29, 1.82) is 0 Å². The molecule has 0 radical (unpaired) electrons. The van der Waals surface area contributed by atoms with Crippen LogP contribution in [0.2, 0.25) is 0 Å². The Labute approximate surface area is 148 Å². The van der Waals surface area contributed by atoms with Crippen molar-refractivity contribution in [1.82, 2.24) is 5.32 Å². The first kappa shape index (κ1) is 16.2. The van der Waals surface area contributed by atoms with Gasteiger partial charge >= 0.3 is 0 Å². The molecule has 2 aliphatic heterocycles. The van der Waals surface area contributed by atoms with E-state index in [-0.39, 0.29) is 6.61 Å². The normalized spacial score (nSPS) is 17.1. The molecule has 2 aromatic carbocycles. The predicted octanol–water partition coefficient (Wildman–Crippen LogP) is 2.67. The van der Waals surface area contributed by atoms with Crippen molar-refractivity contribution in [3.8, 4) is 11.5 Å². The largest absolute Gasteiger partial charge is 0.454 e. The van der Waals surface area contributed by atoms with E-state index >= 15 is 0 Å². The van der Waals surface area contributed by atoms with E-state index in [0.29, 0.717) is 12.8 Å². The van der Waals surface area contributed by atoms with E-state index in [4.69, 9.17) is 9.47 Å². The Morgan fingerprint density at radius 1 is 1.00 bits per heavy atom. The second-order valence-corrected chi connectivity index (χ2v) is 6.66. The van der Waals surface area contributed by atoms with Crippen molar-refractivity contribution >= 4 is 5.69 Å². The highest BCUT2D eigenvalue weighted by Crippen LogP contribution is 2.36. The van der Waals surface area contributed by atoms with Gasteiger partial charge in [-0.2, -0.15) is 0 Å². The smallest absolute Gasteiger partial charge is 0.231 e. The van der Waals surface area contributed by atoms with Crippen molar-refractivity contribution < 1.29 is 14.6 Å². The fourth-order valence-electron chi connectivity index (χ4n) is 3.52. The molecule has 0 bridgehead atoms. The van der Waals surface area contributed by atoms with Gasteiger partial charge in [0, 0.05) is 37.4 Å². The first-order chi connectivity index (χ1) is 12.3. The van der Waals surface area contributed by atoms with Gasteiger partial charge in [0.1, 0.15) is 0 Å². The Bertz CT molecular complexity index is 727. The molecular formula is C20H24N2O3. The van der Waals surface area contributed by atoms with Gasteiger partial charge < -0.3 is 24.8 Å². The van der Waals surface area contributed by atoms with Crippen LogP contribution in [-0.4, -0.2) is 31.0 Å². The minimum absolute atomic E-state index is 0.0990. The van der Waals surface area contributed by atoms with E-state index in [1.54, 1.807) is 0 Å². The molecule has 0 spiro atoms. The third-order valence-corrected chi connectivity index (χ3v) is 4.99. The predicted molar refractivity (Wildman–Crippen MR) is 97.0 cm³/mol. The maximum absolute atomic E-state index is 9.23. The number of ether oxygens (including phenoxy) is 2. The van der Waals surface area contributed by atoms with Crippen LogP contribution >= 0.6 is 0 Å². The lowest BCUT2D eigenvalue weighted by Gasteiger charge is -2.34. The van der Waals surface area contributed by atoms with Crippen LogP contribution in [0.1, 0.15) is 24.0 Å². The summed E-state index contributed by atoms with van der Waals surface area (Å²) >= 11 is 0. The number of anilines is 1. The Kier molecular flexibility index (Phi) is 4.76. The van der Waals surface area contributed by atoms with Gasteiger partial charge in [-0.25, -0.2) is 0 Å². The number of aliphatic hydroxyl groups excluding tert-OH is 1. The highest BCUT2D eigenvalue weighted by molar-refractivity contribution is 5.57. The molecule has 132 valence electrons. The maximum Gasteiger partial charge on any atom is 0.231 e. The average Bonchev–Trinajstić information content (AvgIpc) is 3.15. The number of hydrogen-bond acceptors (Lipinski definition) is 5. The summed E-state index contributed by atoms with van der Waals surface area (Å²) in [4.78, 5) is 2.41. The van der Waals surface area contributed by atoms with E-state index < -0.39 is 0 Å². The molecule has 5 nitrogen and oxygen atoms in total. The molecule has 2 aromatic rings. The average molecular weight is 340 g/mol. The lowest BCUT2D eigenvalue weighted by atomic mass is 10.0. The van der Waals surface area contributed by atoms with Gasteiger partial charge in [0.15, 0.2) is 11.5 Å². The Morgan fingerprint density at radius 3 is 2.64 bits per heavy atom. The third-order valence-electron chi connectivity index (χ3n) is 4.99. The van der Waals surface area contributed by atoms with E-state index in [0.717, 1.165) is 49.5 Å². The number of fused-ring (bicyclic) bond motifs is 1. The van der Waals surface area contributed by atoms with Crippen LogP contribution in [0.4, 0.5) is 5.69 Å². The van der Waals surface area contributed by atoms with Crippen LogP contribution in [-0.2, 0) is 13.2 Å². The van der Waals surface area contributed by atoms with Crippen molar-refractivity contribution in [2.45, 2.75) is 32.0 Å². The molecule has 0 aromatic heterocycles. The van der Waals surface area contributed by atoms with Gasteiger partial charge in [0.25, 0.3) is 0 Å². The molecule has 25 heavy (non-hydrogen) atoms. The van der Waals surface area contributed by atoms with Gasteiger partial charge in [-0.05, 0) is 36.1 Å². The van der Waals surface area contributed by atoms with Crippen LogP contribution in [0.25, 0.3) is 0 Å². The number of nitrogens with one attached hydrogen (secondary N) is 1. The highest BCUT2D eigenvalue weighted by atomic mass is 16.7. The highest BCUT2D eigenvalue weighted by Gasteiger charge is 2.21. The second kappa shape index (κ2) is 7.33. The van der Waals surface area contributed by atoms with Crippen molar-refractivity contribution in [3.05, 3.63) is 53.6 Å². The molecule has 0 atom stereocenters.